The van der Waals surface area contributed by atoms with Gasteiger partial charge in [0, 0.05) is 0 Å². The van der Waals surface area contributed by atoms with Gasteiger partial charge in [-0.25, -0.2) is 4.79 Å². The van der Waals surface area contributed by atoms with Gasteiger partial charge in [-0.15, -0.1) is 0 Å². The fraction of sp³-hybridized carbons (Fsp3) is 0.381. The molecule has 1 N–H and O–H groups in total. The van der Waals surface area contributed by atoms with Crippen LogP contribution in [-0.2, 0) is 15.1 Å². The molecule has 0 saturated carbocycles. The van der Waals surface area contributed by atoms with Crippen LogP contribution in [0.2, 0.25) is 0 Å². The molecule has 4 nitrogen and oxygen atoms in total. The molecule has 0 aliphatic heterocycles. The third-order valence-electron chi connectivity index (χ3n) is 4.98. The number of likely N-dealkylation sites (N-methyl/N-ethyl adjacent to an activating group) is 1. The Bertz CT molecular complexity index is 647. The van der Waals surface area contributed by atoms with Gasteiger partial charge < -0.3 is 26.7 Å². The van der Waals surface area contributed by atoms with Crippen molar-refractivity contribution in [3.63, 3.8) is 0 Å². The zero-order chi connectivity index (χ0) is 18.5. The van der Waals surface area contributed by atoms with Crippen LogP contribution in [0.5, 0.6) is 0 Å². The number of benzene rings is 2. The van der Waals surface area contributed by atoms with E-state index in [2.05, 4.69) is 27.9 Å². The minimum absolute atomic E-state index is 0. The second kappa shape index (κ2) is 9.17. The summed E-state index contributed by atoms with van der Waals surface area (Å²) in [5.41, 5.74) is -0.801. The molecular formula is C21H28ClNO3. The smallest absolute Gasteiger partial charge is 0.347 e. The molecule has 0 spiro atoms. The van der Waals surface area contributed by atoms with E-state index < -0.39 is 11.6 Å². The van der Waals surface area contributed by atoms with Crippen molar-refractivity contribution in [3.8, 4) is 0 Å². The molecule has 0 heterocycles. The van der Waals surface area contributed by atoms with E-state index in [-0.39, 0.29) is 19.0 Å². The molecule has 0 atom stereocenters. The Kier molecular flexibility index (Phi) is 7.82. The van der Waals surface area contributed by atoms with E-state index in [0.717, 1.165) is 4.48 Å². The zero-order valence-electron chi connectivity index (χ0n) is 15.9. The number of rotatable bonds is 7. The summed E-state index contributed by atoms with van der Waals surface area (Å²) in [6.45, 7) is 5.20. The summed E-state index contributed by atoms with van der Waals surface area (Å²) in [4.78, 5) is 12.8. The molecule has 0 bridgehead atoms. The largest absolute Gasteiger partial charge is 1.00 e. The van der Waals surface area contributed by atoms with E-state index in [4.69, 9.17) is 4.74 Å². The summed E-state index contributed by atoms with van der Waals surface area (Å²) >= 11 is 0. The molecule has 0 saturated heterocycles. The summed E-state index contributed by atoms with van der Waals surface area (Å²) in [5, 5.41) is 11.3. The van der Waals surface area contributed by atoms with Gasteiger partial charge in [-0.1, -0.05) is 60.7 Å². The van der Waals surface area contributed by atoms with Crippen LogP contribution >= 0.6 is 0 Å². The van der Waals surface area contributed by atoms with Crippen LogP contribution in [0.25, 0.3) is 0 Å². The summed E-state index contributed by atoms with van der Waals surface area (Å²) in [6.07, 6.45) is 0. The molecular weight excluding hydrogens is 350 g/mol. The first-order valence-electron chi connectivity index (χ1n) is 8.62. The van der Waals surface area contributed by atoms with Crippen molar-refractivity contribution < 1.29 is 31.5 Å². The number of aliphatic hydroxyl groups is 1. The van der Waals surface area contributed by atoms with Gasteiger partial charge in [0.25, 0.3) is 0 Å². The molecule has 2 aromatic rings. The first-order valence-corrected chi connectivity index (χ1v) is 8.62. The Morgan fingerprint density at radius 2 is 1.42 bits per heavy atom. The quantitative estimate of drug-likeness (QED) is 0.544. The van der Waals surface area contributed by atoms with Crippen LogP contribution in [0.4, 0.5) is 0 Å². The minimum Gasteiger partial charge on any atom is -1.00 e. The molecule has 142 valence electrons. The van der Waals surface area contributed by atoms with Crippen molar-refractivity contribution in [2.24, 2.45) is 0 Å². The molecule has 0 amide bonds. The minimum atomic E-state index is -1.81. The highest BCUT2D eigenvalue weighted by Crippen LogP contribution is 2.31. The predicted octanol–water partition coefficient (Wildman–Crippen LogP) is -0.0455. The number of ether oxygens (including phenoxy) is 1. The van der Waals surface area contributed by atoms with Gasteiger partial charge in [-0.05, 0) is 25.0 Å². The number of carbonyl (C=O) groups is 1. The van der Waals surface area contributed by atoms with E-state index in [1.54, 1.807) is 48.5 Å². The van der Waals surface area contributed by atoms with E-state index >= 15 is 0 Å². The highest BCUT2D eigenvalue weighted by Gasteiger charge is 2.41. The van der Waals surface area contributed by atoms with Gasteiger partial charge >= 0.3 is 5.97 Å². The number of hydrogen-bond acceptors (Lipinski definition) is 3. The Morgan fingerprint density at radius 3 is 1.81 bits per heavy atom. The Hall–Kier alpha value is -1.88. The van der Waals surface area contributed by atoms with Crippen LogP contribution in [0.1, 0.15) is 25.0 Å². The van der Waals surface area contributed by atoms with Crippen LogP contribution in [-0.4, -0.2) is 48.8 Å². The van der Waals surface area contributed by atoms with Gasteiger partial charge in [0.2, 0.25) is 5.60 Å². The molecule has 0 fully saturated rings. The number of quaternary nitrogens is 1. The van der Waals surface area contributed by atoms with Crippen molar-refractivity contribution in [2.45, 2.75) is 25.5 Å². The summed E-state index contributed by atoms with van der Waals surface area (Å²) < 4.78 is 6.24. The van der Waals surface area contributed by atoms with Crippen molar-refractivity contribution >= 4 is 5.97 Å². The van der Waals surface area contributed by atoms with Crippen LogP contribution in [0.3, 0.4) is 0 Å². The summed E-state index contributed by atoms with van der Waals surface area (Å²) in [7, 11) is 4.19. The highest BCUT2D eigenvalue weighted by atomic mass is 35.5. The molecule has 0 radical (unpaired) electrons. The predicted molar refractivity (Wildman–Crippen MR) is 99.0 cm³/mol. The molecule has 2 rings (SSSR count). The molecule has 26 heavy (non-hydrogen) atoms. The van der Waals surface area contributed by atoms with Gasteiger partial charge in [-0.3, -0.25) is 0 Å². The maximum Gasteiger partial charge on any atom is 0.347 e. The standard InChI is InChI=1S/C21H28NO3.ClH/c1-17(2)22(3,4)15-16-25-20(23)21(24,18-11-7-5-8-12-18)19-13-9-6-10-14-19;/h5-14,17,24H,15-16H2,1-4H3;1H/q+1;/p-1. The third-order valence-corrected chi connectivity index (χ3v) is 4.98. The second-order valence-electron chi connectivity index (χ2n) is 7.17. The Morgan fingerprint density at radius 1 is 1.00 bits per heavy atom. The van der Waals surface area contributed by atoms with Gasteiger partial charge in [-0.2, -0.15) is 0 Å². The topological polar surface area (TPSA) is 46.5 Å². The first kappa shape index (κ1) is 22.2. The lowest BCUT2D eigenvalue weighted by molar-refractivity contribution is -0.911. The molecule has 2 aromatic carbocycles. The molecule has 0 aromatic heterocycles. The Balaban J connectivity index is 0.00000338. The lowest BCUT2D eigenvalue weighted by Gasteiger charge is -2.34. The monoisotopic (exact) mass is 377 g/mol. The van der Waals surface area contributed by atoms with Crippen LogP contribution < -0.4 is 12.4 Å². The lowest BCUT2D eigenvalue weighted by atomic mass is 9.86. The van der Waals surface area contributed by atoms with Crippen LogP contribution in [0, 0.1) is 0 Å². The SMILES string of the molecule is CC(C)[N+](C)(C)CCOC(=O)C(O)(c1ccccc1)c1ccccc1.[Cl-]. The number of esters is 1. The maximum atomic E-state index is 12.8. The van der Waals surface area contributed by atoms with E-state index in [0.29, 0.717) is 23.7 Å². The zero-order valence-corrected chi connectivity index (χ0v) is 16.6. The Labute approximate surface area is 162 Å². The number of halogens is 1. The molecule has 0 aliphatic rings. The summed E-state index contributed by atoms with van der Waals surface area (Å²) in [5.74, 6) is -0.645. The van der Waals surface area contributed by atoms with E-state index in [1.807, 2.05) is 12.1 Å². The normalized spacial score (nSPS) is 11.8. The van der Waals surface area contributed by atoms with E-state index in [1.165, 1.54) is 0 Å². The third kappa shape index (κ3) is 4.85. The average molecular weight is 378 g/mol. The van der Waals surface area contributed by atoms with Crippen molar-refractivity contribution in [1.82, 2.24) is 0 Å². The maximum absolute atomic E-state index is 12.8. The fourth-order valence-corrected chi connectivity index (χ4v) is 2.50. The van der Waals surface area contributed by atoms with Crippen LogP contribution in [0.15, 0.2) is 60.7 Å². The molecule has 5 heteroatoms. The highest BCUT2D eigenvalue weighted by molar-refractivity contribution is 5.85. The van der Waals surface area contributed by atoms with Crippen molar-refractivity contribution in [1.29, 1.82) is 0 Å². The van der Waals surface area contributed by atoms with Gasteiger partial charge in [0.1, 0.15) is 13.2 Å². The van der Waals surface area contributed by atoms with Gasteiger partial charge in [0.05, 0.1) is 20.1 Å². The average Bonchev–Trinajstić information content (AvgIpc) is 2.62. The van der Waals surface area contributed by atoms with E-state index in [9.17, 15) is 9.90 Å². The number of hydrogen-bond donors (Lipinski definition) is 1. The van der Waals surface area contributed by atoms with Crippen molar-refractivity contribution in [3.05, 3.63) is 71.8 Å². The lowest BCUT2D eigenvalue weighted by Crippen LogP contribution is -3.00. The van der Waals surface area contributed by atoms with Gasteiger partial charge in [0.15, 0.2) is 0 Å². The number of nitrogens with zero attached hydrogens (tertiary/aromatic N) is 1. The second-order valence-corrected chi connectivity index (χ2v) is 7.17. The number of carbonyl (C=O) groups excluding carboxylic acids is 1. The first-order chi connectivity index (χ1) is 11.8. The molecule has 0 unspecified atom stereocenters. The fourth-order valence-electron chi connectivity index (χ4n) is 2.50. The summed E-state index contributed by atoms with van der Waals surface area (Å²) in [6, 6.07) is 18.3. The van der Waals surface area contributed by atoms with Crippen molar-refractivity contribution in [2.75, 3.05) is 27.2 Å². The molecule has 0 aliphatic carbocycles.